The first-order chi connectivity index (χ1) is 6.67. The van der Waals surface area contributed by atoms with Gasteiger partial charge in [-0.3, -0.25) is 4.79 Å². The summed E-state index contributed by atoms with van der Waals surface area (Å²) < 4.78 is 0. The molecule has 72 valence electrons. The molecule has 1 aliphatic heterocycles. The van der Waals surface area contributed by atoms with E-state index in [0.29, 0.717) is 5.56 Å². The summed E-state index contributed by atoms with van der Waals surface area (Å²) >= 11 is 0. The average Bonchev–Trinajstić information content (AvgIpc) is 2.92. The molecular weight excluding hydrogens is 178 g/mol. The van der Waals surface area contributed by atoms with E-state index >= 15 is 0 Å². The first kappa shape index (κ1) is 7.85. The van der Waals surface area contributed by atoms with Gasteiger partial charge in [-0.05, 0) is 24.5 Å². The molecule has 3 rings (SSSR count). The molecule has 0 unspecified atom stereocenters. The lowest BCUT2D eigenvalue weighted by Crippen LogP contribution is -2.28. The molecule has 1 saturated carbocycles. The molecule has 14 heavy (non-hydrogen) atoms. The van der Waals surface area contributed by atoms with Crippen molar-refractivity contribution in [2.45, 2.75) is 18.4 Å². The van der Waals surface area contributed by atoms with Gasteiger partial charge in [0.2, 0.25) is 0 Å². The standard InChI is InChI=1S/C11H11NO2/c1-12-10(14)9-7(11(12)5-6-11)3-2-4-8(9)13/h2-4,13H,5-6H2,1H3. The van der Waals surface area contributed by atoms with Gasteiger partial charge >= 0.3 is 0 Å². The molecule has 0 saturated heterocycles. The van der Waals surface area contributed by atoms with Crippen molar-refractivity contribution in [2.75, 3.05) is 7.05 Å². The smallest absolute Gasteiger partial charge is 0.258 e. The Kier molecular flexibility index (Phi) is 1.18. The second kappa shape index (κ2) is 2.11. The van der Waals surface area contributed by atoms with E-state index in [1.54, 1.807) is 17.0 Å². The molecule has 3 heteroatoms. The molecule has 1 heterocycles. The Hall–Kier alpha value is -1.51. The Morgan fingerprint density at radius 3 is 2.79 bits per heavy atom. The highest BCUT2D eigenvalue weighted by Gasteiger charge is 2.56. The maximum absolute atomic E-state index is 11.8. The van der Waals surface area contributed by atoms with E-state index in [-0.39, 0.29) is 17.2 Å². The second-order valence-corrected chi connectivity index (χ2v) is 4.10. The zero-order valence-corrected chi connectivity index (χ0v) is 7.95. The van der Waals surface area contributed by atoms with Gasteiger partial charge in [-0.25, -0.2) is 0 Å². The number of rotatable bonds is 0. The zero-order valence-electron chi connectivity index (χ0n) is 7.95. The van der Waals surface area contributed by atoms with Crippen LogP contribution in [0.15, 0.2) is 18.2 Å². The van der Waals surface area contributed by atoms with Crippen LogP contribution >= 0.6 is 0 Å². The van der Waals surface area contributed by atoms with Crippen molar-refractivity contribution in [2.24, 2.45) is 0 Å². The Balaban J connectivity index is 2.31. The number of aromatic hydroxyl groups is 1. The normalized spacial score (nSPS) is 21.5. The molecule has 0 radical (unpaired) electrons. The number of fused-ring (bicyclic) bond motifs is 2. The first-order valence-corrected chi connectivity index (χ1v) is 4.77. The first-order valence-electron chi connectivity index (χ1n) is 4.77. The van der Waals surface area contributed by atoms with E-state index in [4.69, 9.17) is 0 Å². The monoisotopic (exact) mass is 189 g/mol. The van der Waals surface area contributed by atoms with E-state index in [1.165, 1.54) is 0 Å². The minimum absolute atomic E-state index is 0.0457. The number of hydrogen-bond acceptors (Lipinski definition) is 2. The summed E-state index contributed by atoms with van der Waals surface area (Å²) in [5.74, 6) is 0.0683. The quantitative estimate of drug-likeness (QED) is 0.671. The Bertz CT molecular complexity index is 435. The van der Waals surface area contributed by atoms with Crippen LogP contribution in [0.25, 0.3) is 0 Å². The summed E-state index contributed by atoms with van der Waals surface area (Å²) in [6.45, 7) is 0. The van der Waals surface area contributed by atoms with E-state index in [2.05, 4.69) is 0 Å². The molecule has 1 spiro atoms. The molecule has 1 N–H and O–H groups in total. The molecule has 0 aromatic heterocycles. The average molecular weight is 189 g/mol. The molecule has 1 aromatic rings. The minimum atomic E-state index is -0.0782. The maximum atomic E-state index is 11.8. The van der Waals surface area contributed by atoms with Crippen molar-refractivity contribution in [3.05, 3.63) is 29.3 Å². The van der Waals surface area contributed by atoms with E-state index in [9.17, 15) is 9.90 Å². The van der Waals surface area contributed by atoms with Gasteiger partial charge in [-0.1, -0.05) is 12.1 Å². The van der Waals surface area contributed by atoms with Crippen LogP contribution in [0, 0.1) is 0 Å². The van der Waals surface area contributed by atoms with Gasteiger partial charge in [0.05, 0.1) is 11.1 Å². The van der Waals surface area contributed by atoms with Gasteiger partial charge in [0.25, 0.3) is 5.91 Å². The number of phenols is 1. The summed E-state index contributed by atoms with van der Waals surface area (Å²) in [6.07, 6.45) is 2.04. The number of carbonyl (C=O) groups is 1. The fraction of sp³-hybridized carbons (Fsp3) is 0.364. The summed E-state index contributed by atoms with van der Waals surface area (Å²) in [5.41, 5.74) is 1.43. The van der Waals surface area contributed by atoms with Crippen LogP contribution < -0.4 is 0 Å². The van der Waals surface area contributed by atoms with Crippen LogP contribution in [0.5, 0.6) is 5.75 Å². The molecule has 2 aliphatic rings. The Morgan fingerprint density at radius 2 is 2.14 bits per heavy atom. The van der Waals surface area contributed by atoms with Crippen molar-refractivity contribution >= 4 is 5.91 Å². The topological polar surface area (TPSA) is 40.5 Å². The predicted octanol–water partition coefficient (Wildman–Crippen LogP) is 1.47. The predicted molar refractivity (Wildman–Crippen MR) is 51.1 cm³/mol. The van der Waals surface area contributed by atoms with Gasteiger partial charge < -0.3 is 10.0 Å². The molecule has 0 bridgehead atoms. The third-order valence-corrected chi connectivity index (χ3v) is 3.43. The van der Waals surface area contributed by atoms with E-state index in [1.807, 2.05) is 13.1 Å². The highest BCUT2D eigenvalue weighted by Crippen LogP contribution is 2.56. The third-order valence-electron chi connectivity index (χ3n) is 3.43. The molecule has 1 amide bonds. The Labute approximate surface area is 82.0 Å². The number of carbonyl (C=O) groups excluding carboxylic acids is 1. The lowest BCUT2D eigenvalue weighted by atomic mass is 10.0. The van der Waals surface area contributed by atoms with Gasteiger partial charge in [0.1, 0.15) is 5.75 Å². The highest BCUT2D eigenvalue weighted by atomic mass is 16.3. The fourth-order valence-corrected chi connectivity index (χ4v) is 2.42. The molecule has 1 aromatic carbocycles. The summed E-state index contributed by atoms with van der Waals surface area (Å²) in [6, 6.07) is 5.33. The van der Waals surface area contributed by atoms with Crippen LogP contribution in [0.1, 0.15) is 28.8 Å². The van der Waals surface area contributed by atoms with Crippen LogP contribution in [0.3, 0.4) is 0 Å². The van der Waals surface area contributed by atoms with Crippen molar-refractivity contribution in [3.63, 3.8) is 0 Å². The van der Waals surface area contributed by atoms with E-state index in [0.717, 1.165) is 18.4 Å². The largest absolute Gasteiger partial charge is 0.507 e. The summed E-state index contributed by atoms with van der Waals surface area (Å²) in [7, 11) is 1.81. The Morgan fingerprint density at radius 1 is 1.43 bits per heavy atom. The SMILES string of the molecule is CN1C(=O)c2c(O)cccc2C12CC2. The zero-order chi connectivity index (χ0) is 9.92. The lowest BCUT2D eigenvalue weighted by molar-refractivity contribution is 0.0753. The molecule has 1 aliphatic carbocycles. The second-order valence-electron chi connectivity index (χ2n) is 4.10. The van der Waals surface area contributed by atoms with Gasteiger partial charge in [0.15, 0.2) is 0 Å². The van der Waals surface area contributed by atoms with Gasteiger partial charge in [-0.15, -0.1) is 0 Å². The van der Waals surface area contributed by atoms with Crippen molar-refractivity contribution in [1.29, 1.82) is 0 Å². The lowest BCUT2D eigenvalue weighted by Gasteiger charge is -2.18. The van der Waals surface area contributed by atoms with Crippen LogP contribution in [-0.2, 0) is 5.54 Å². The van der Waals surface area contributed by atoms with Crippen molar-refractivity contribution in [1.82, 2.24) is 4.90 Å². The third kappa shape index (κ3) is 0.672. The summed E-state index contributed by atoms with van der Waals surface area (Å²) in [5, 5.41) is 9.63. The number of benzene rings is 1. The number of amides is 1. The number of nitrogens with zero attached hydrogens (tertiary/aromatic N) is 1. The van der Waals surface area contributed by atoms with Crippen LogP contribution in [0.4, 0.5) is 0 Å². The maximum Gasteiger partial charge on any atom is 0.258 e. The van der Waals surface area contributed by atoms with E-state index < -0.39 is 0 Å². The minimum Gasteiger partial charge on any atom is -0.507 e. The van der Waals surface area contributed by atoms with Crippen LogP contribution in [0.2, 0.25) is 0 Å². The molecule has 3 nitrogen and oxygen atoms in total. The highest BCUT2D eigenvalue weighted by molar-refractivity contribution is 6.02. The fourth-order valence-electron chi connectivity index (χ4n) is 2.42. The number of hydrogen-bond donors (Lipinski definition) is 1. The van der Waals surface area contributed by atoms with Gasteiger partial charge in [-0.2, -0.15) is 0 Å². The molecule has 1 fully saturated rings. The molecular formula is C11H11NO2. The van der Waals surface area contributed by atoms with Crippen molar-refractivity contribution < 1.29 is 9.90 Å². The number of phenolic OH excluding ortho intramolecular Hbond substituents is 1. The van der Waals surface area contributed by atoms with Crippen molar-refractivity contribution in [3.8, 4) is 5.75 Å². The molecule has 0 atom stereocenters. The van der Waals surface area contributed by atoms with Crippen LogP contribution in [-0.4, -0.2) is 23.0 Å². The van der Waals surface area contributed by atoms with Gasteiger partial charge in [0, 0.05) is 7.05 Å². The summed E-state index contributed by atoms with van der Waals surface area (Å²) in [4.78, 5) is 13.6.